The zero-order chi connectivity index (χ0) is 26.9. The average Bonchev–Trinajstić information content (AvgIpc) is 3.26. The number of methoxy groups -OCH3 is 2. The molecular weight excluding hydrogens is 484 g/mol. The van der Waals surface area contributed by atoms with Crippen molar-refractivity contribution in [2.45, 2.75) is 24.5 Å². The van der Waals surface area contributed by atoms with Crippen LogP contribution in [-0.4, -0.2) is 54.3 Å². The zero-order valence-corrected chi connectivity index (χ0v) is 21.6. The molecule has 2 bridgehead atoms. The van der Waals surface area contributed by atoms with E-state index in [1.54, 1.807) is 11.0 Å². The first-order valence-corrected chi connectivity index (χ1v) is 12.5. The maximum atomic E-state index is 13.8. The molecule has 1 amide bonds. The summed E-state index contributed by atoms with van der Waals surface area (Å²) in [5.74, 6) is -1.04. The maximum Gasteiger partial charge on any atom is 0.410 e. The third-order valence-electron chi connectivity index (χ3n) is 7.57. The Labute approximate surface area is 221 Å². The third kappa shape index (κ3) is 4.16. The Balaban J connectivity index is 1.63. The van der Waals surface area contributed by atoms with Gasteiger partial charge in [0.25, 0.3) is 0 Å². The van der Waals surface area contributed by atoms with Crippen LogP contribution in [0.15, 0.2) is 72.8 Å². The largest absolute Gasteiger partial charge is 0.468 e. The second-order valence-electron chi connectivity index (χ2n) is 9.64. The summed E-state index contributed by atoms with van der Waals surface area (Å²) in [5.41, 5.74) is 1.92. The standard InChI is InChI=1S/C30H30N2O6/c1-31-24-12-8-7-11-22(24)23(14-16-26(33)36-2)27(31)30(28(34)37-3)17-21-13-15-25(30)32(18-21)29(35)38-19-20-9-5-4-6-10-20/h4-16,21,25H,17-19H2,1-3H3/b16-14+/t21-,25+,30+/m0/s1. The molecule has 2 aliphatic heterocycles. The van der Waals surface area contributed by atoms with Gasteiger partial charge in [-0.05, 0) is 30.0 Å². The number of nitrogens with zero attached hydrogens (tertiary/aromatic N) is 2. The summed E-state index contributed by atoms with van der Waals surface area (Å²) in [6, 6.07) is 16.6. The van der Waals surface area contributed by atoms with Crippen molar-refractivity contribution in [3.8, 4) is 0 Å². The smallest absolute Gasteiger partial charge is 0.410 e. The fourth-order valence-corrected chi connectivity index (χ4v) is 5.95. The number of para-hydroxylation sites is 1. The second-order valence-corrected chi connectivity index (χ2v) is 9.64. The van der Waals surface area contributed by atoms with Crippen LogP contribution in [0.3, 0.4) is 0 Å². The van der Waals surface area contributed by atoms with Gasteiger partial charge in [-0.2, -0.15) is 0 Å². The quantitative estimate of drug-likeness (QED) is 0.210. The lowest BCUT2D eigenvalue weighted by atomic mass is 9.63. The minimum atomic E-state index is -1.22. The fraction of sp³-hybridized carbons (Fsp3) is 0.300. The molecule has 1 aliphatic carbocycles. The van der Waals surface area contributed by atoms with Crippen molar-refractivity contribution in [3.63, 3.8) is 0 Å². The molecule has 3 atom stereocenters. The highest BCUT2D eigenvalue weighted by Crippen LogP contribution is 2.50. The number of fused-ring (bicyclic) bond motifs is 3. The van der Waals surface area contributed by atoms with E-state index in [1.165, 1.54) is 20.3 Å². The third-order valence-corrected chi connectivity index (χ3v) is 7.57. The van der Waals surface area contributed by atoms with Crippen LogP contribution in [0.2, 0.25) is 0 Å². The minimum Gasteiger partial charge on any atom is -0.468 e. The summed E-state index contributed by atoms with van der Waals surface area (Å²) in [6.45, 7) is 0.564. The van der Waals surface area contributed by atoms with E-state index in [0.717, 1.165) is 16.5 Å². The Morgan fingerprint density at radius 1 is 1.00 bits per heavy atom. The number of rotatable bonds is 6. The van der Waals surface area contributed by atoms with Crippen LogP contribution in [0.1, 0.15) is 23.2 Å². The summed E-state index contributed by atoms with van der Waals surface area (Å²) in [4.78, 5) is 40.9. The predicted molar refractivity (Wildman–Crippen MR) is 142 cm³/mol. The molecule has 1 fully saturated rings. The highest BCUT2D eigenvalue weighted by Gasteiger charge is 2.59. The van der Waals surface area contributed by atoms with Crippen LogP contribution in [0.5, 0.6) is 0 Å². The maximum absolute atomic E-state index is 13.8. The van der Waals surface area contributed by atoms with E-state index in [9.17, 15) is 14.4 Å². The molecular formula is C30H30N2O6. The van der Waals surface area contributed by atoms with Gasteiger partial charge < -0.3 is 18.8 Å². The van der Waals surface area contributed by atoms with Crippen LogP contribution < -0.4 is 0 Å². The number of benzene rings is 2. The molecule has 1 saturated heterocycles. The number of carbonyl (C=O) groups excluding carboxylic acids is 3. The lowest BCUT2D eigenvalue weighted by molar-refractivity contribution is -0.153. The van der Waals surface area contributed by atoms with E-state index in [0.29, 0.717) is 24.2 Å². The molecule has 8 nitrogen and oxygen atoms in total. The number of hydrogen-bond donors (Lipinski definition) is 0. The highest BCUT2D eigenvalue weighted by molar-refractivity contribution is 5.99. The number of ether oxygens (including phenoxy) is 3. The van der Waals surface area contributed by atoms with Crippen LogP contribution in [0, 0.1) is 5.92 Å². The second kappa shape index (κ2) is 10.2. The van der Waals surface area contributed by atoms with E-state index < -0.39 is 29.5 Å². The number of piperidine rings is 1. The van der Waals surface area contributed by atoms with Gasteiger partial charge in [-0.25, -0.2) is 9.59 Å². The molecule has 0 saturated carbocycles. The topological polar surface area (TPSA) is 87.1 Å². The summed E-state index contributed by atoms with van der Waals surface area (Å²) in [7, 11) is 4.57. The molecule has 6 rings (SSSR count). The Bertz CT molecular complexity index is 1440. The molecule has 0 unspecified atom stereocenters. The SMILES string of the molecule is COC(=O)/C=C/c1c([C@@]2(C(=O)OC)C[C@@H]3C=C[C@H]2N(C(=O)OCc2ccccc2)C3)n(C)c2ccccc12. The molecule has 3 aromatic rings. The molecule has 0 radical (unpaired) electrons. The molecule has 3 heterocycles. The van der Waals surface area contributed by atoms with Gasteiger partial charge in [-0.3, -0.25) is 9.69 Å². The summed E-state index contributed by atoms with van der Waals surface area (Å²) < 4.78 is 17.9. The Hall–Kier alpha value is -4.33. The van der Waals surface area contributed by atoms with E-state index in [2.05, 4.69) is 6.08 Å². The van der Waals surface area contributed by atoms with E-state index >= 15 is 0 Å². The first kappa shape index (κ1) is 25.3. The van der Waals surface area contributed by atoms with E-state index in [-0.39, 0.29) is 12.5 Å². The highest BCUT2D eigenvalue weighted by atomic mass is 16.6. The van der Waals surface area contributed by atoms with Crippen molar-refractivity contribution in [1.82, 2.24) is 9.47 Å². The number of esters is 2. The van der Waals surface area contributed by atoms with Gasteiger partial charge in [-0.15, -0.1) is 0 Å². The van der Waals surface area contributed by atoms with Crippen molar-refractivity contribution in [1.29, 1.82) is 0 Å². The fourth-order valence-electron chi connectivity index (χ4n) is 5.95. The van der Waals surface area contributed by atoms with Gasteiger partial charge in [0.15, 0.2) is 0 Å². The number of hydrogen-bond acceptors (Lipinski definition) is 6. The summed E-state index contributed by atoms with van der Waals surface area (Å²) in [6.07, 6.45) is 6.94. The first-order valence-electron chi connectivity index (χ1n) is 12.5. The molecule has 2 aromatic carbocycles. The Morgan fingerprint density at radius 2 is 1.74 bits per heavy atom. The predicted octanol–water partition coefficient (Wildman–Crippen LogP) is 4.37. The summed E-state index contributed by atoms with van der Waals surface area (Å²) in [5, 5.41) is 0.872. The van der Waals surface area contributed by atoms with Crippen molar-refractivity contribution < 1.29 is 28.6 Å². The summed E-state index contributed by atoms with van der Waals surface area (Å²) >= 11 is 0. The monoisotopic (exact) mass is 514 g/mol. The van der Waals surface area contributed by atoms with Crippen molar-refractivity contribution in [2.24, 2.45) is 13.0 Å². The van der Waals surface area contributed by atoms with Crippen molar-refractivity contribution in [3.05, 3.63) is 89.6 Å². The number of aromatic nitrogens is 1. The normalized spacial score (nSPS) is 22.1. The minimum absolute atomic E-state index is 0.0844. The molecule has 0 spiro atoms. The molecule has 8 heteroatoms. The van der Waals surface area contributed by atoms with Gasteiger partial charge in [0.2, 0.25) is 0 Å². The van der Waals surface area contributed by atoms with Crippen LogP contribution in [-0.2, 0) is 42.9 Å². The van der Waals surface area contributed by atoms with Crippen LogP contribution >= 0.6 is 0 Å². The molecule has 0 N–H and O–H groups in total. The van der Waals surface area contributed by atoms with Crippen LogP contribution in [0.4, 0.5) is 4.79 Å². The van der Waals surface area contributed by atoms with Crippen molar-refractivity contribution >= 4 is 35.0 Å². The van der Waals surface area contributed by atoms with Gasteiger partial charge >= 0.3 is 18.0 Å². The number of aryl methyl sites for hydroxylation is 1. The zero-order valence-electron chi connectivity index (χ0n) is 21.6. The number of amides is 1. The molecule has 1 aromatic heterocycles. The molecule has 3 aliphatic rings. The first-order chi connectivity index (χ1) is 18.4. The Morgan fingerprint density at radius 3 is 2.45 bits per heavy atom. The van der Waals surface area contributed by atoms with Gasteiger partial charge in [-0.1, -0.05) is 60.7 Å². The van der Waals surface area contributed by atoms with E-state index in [1.807, 2.05) is 72.3 Å². The van der Waals surface area contributed by atoms with Gasteiger partial charge in [0, 0.05) is 41.8 Å². The lowest BCUT2D eigenvalue weighted by Gasteiger charge is -2.52. The Kier molecular flexibility index (Phi) is 6.80. The van der Waals surface area contributed by atoms with Gasteiger partial charge in [0.05, 0.1) is 20.3 Å². The van der Waals surface area contributed by atoms with Crippen LogP contribution in [0.25, 0.3) is 17.0 Å². The number of carbonyl (C=O) groups is 3. The van der Waals surface area contributed by atoms with Crippen molar-refractivity contribution in [2.75, 3.05) is 20.8 Å². The lowest BCUT2D eigenvalue weighted by Crippen LogP contribution is -2.64. The molecule has 38 heavy (non-hydrogen) atoms. The molecule has 196 valence electrons. The van der Waals surface area contributed by atoms with Gasteiger partial charge in [0.1, 0.15) is 12.0 Å². The van der Waals surface area contributed by atoms with E-state index in [4.69, 9.17) is 14.2 Å². The average molecular weight is 515 g/mol.